The third kappa shape index (κ3) is 12.4. The molecule has 73 heavy (non-hydrogen) atoms. The second-order valence-corrected chi connectivity index (χ2v) is 33.1. The van der Waals surface area contributed by atoms with E-state index < -0.39 is 16.0 Å². The van der Waals surface area contributed by atoms with Crippen LogP contribution in [0.5, 0.6) is 0 Å². The second-order valence-electron chi connectivity index (χ2n) is 28.6. The number of hydrogen-bond donors (Lipinski definition) is 0. The first kappa shape index (κ1) is 58.2. The van der Waals surface area contributed by atoms with E-state index in [2.05, 4.69) is 263 Å². The van der Waals surface area contributed by atoms with Crippen LogP contribution in [0.3, 0.4) is 0 Å². The molecule has 0 fully saturated rings. The molecule has 0 amide bonds. The Balaban J connectivity index is 0.000000235. The molecule has 2 aromatic heterocycles. The van der Waals surface area contributed by atoms with Crippen molar-refractivity contribution in [2.45, 2.75) is 209 Å². The van der Waals surface area contributed by atoms with Gasteiger partial charge in [0.05, 0.1) is 16.1 Å². The van der Waals surface area contributed by atoms with Gasteiger partial charge in [0.15, 0.2) is 0 Å². The summed E-state index contributed by atoms with van der Waals surface area (Å²) in [6.07, 6.45) is 0. The van der Waals surface area contributed by atoms with Crippen LogP contribution >= 0.6 is 16.0 Å². The van der Waals surface area contributed by atoms with Gasteiger partial charge in [-0.2, -0.15) is 18.2 Å². The van der Waals surface area contributed by atoms with Crippen LogP contribution in [0.25, 0.3) is 65.7 Å². The fourth-order valence-corrected chi connectivity index (χ4v) is 12.0. The minimum absolute atomic E-state index is 0. The van der Waals surface area contributed by atoms with E-state index in [0.717, 1.165) is 33.5 Å². The van der Waals surface area contributed by atoms with Gasteiger partial charge in [-0.1, -0.05) is 177 Å². The predicted molar refractivity (Wildman–Crippen MR) is 317 cm³/mol. The summed E-state index contributed by atoms with van der Waals surface area (Å²) in [5, 5.41) is 7.10. The van der Waals surface area contributed by atoms with Crippen LogP contribution in [-0.2, 0) is 59.9 Å². The standard InChI is InChI=1S/2C33H44O2P.Fe/c2*1-30(2,3)22-17-24-23(26(18-22)31(4,5)6)19-27-25(29(24)21-15-13-14-16-21)20-28(32(7,8)9)35-36(34-27)33(10,11)12;/h2*13-20H,1-12H3;/q-5;-1;. The van der Waals surface area contributed by atoms with Gasteiger partial charge in [0, 0.05) is 33.5 Å². The first-order valence-electron chi connectivity index (χ1n) is 26.3. The Morgan fingerprint density at radius 2 is 0.726 bits per heavy atom. The average molecular weight is 1060 g/mol. The molecule has 6 aromatic carbocycles. The van der Waals surface area contributed by atoms with Gasteiger partial charge in [-0.25, -0.2) is 0 Å². The van der Waals surface area contributed by atoms with Crippen molar-refractivity contribution >= 4 is 59.5 Å². The SMILES string of the molecule is CC(C)(C)c1cc(C(C)(C)C)c2cc3op(C(C)(C)C)oc(C(C)(C)C)cc3c(-[c-]3[cH-][cH-][cH-][cH-]3)c2c1.CC(C)(C)c1cc(C(C)(C)C)c2cc3op(C(C)(C)C)oc(C(C)(C)C)cc3c(-[c-]3cccc3)c2c1.[Fe]. The summed E-state index contributed by atoms with van der Waals surface area (Å²) in [4.78, 5) is 0. The third-order valence-corrected chi connectivity index (χ3v) is 17.3. The molecule has 0 N–H and O–H groups in total. The molecule has 2 unspecified atom stereocenters. The van der Waals surface area contributed by atoms with Gasteiger partial charge < -0.3 is 57.6 Å². The van der Waals surface area contributed by atoms with Crippen LogP contribution in [0, 0.1) is 0 Å². The molecule has 4 nitrogen and oxygen atoms in total. The molecule has 7 heteroatoms. The molecule has 0 bridgehead atoms. The second kappa shape index (κ2) is 19.8. The molecule has 2 atom stereocenters. The van der Waals surface area contributed by atoms with Crippen molar-refractivity contribution in [3.05, 3.63) is 131 Å². The molecule has 0 saturated heterocycles. The van der Waals surface area contributed by atoms with Crippen molar-refractivity contribution in [3.8, 4) is 22.3 Å². The first-order valence-corrected chi connectivity index (χ1v) is 28.6. The van der Waals surface area contributed by atoms with Gasteiger partial charge in [0.25, 0.3) is 0 Å². The van der Waals surface area contributed by atoms with Crippen LogP contribution in [0.4, 0.5) is 0 Å². The molecule has 400 valence electrons. The van der Waals surface area contributed by atoms with Gasteiger partial charge in [-0.15, -0.1) is 23.6 Å². The first-order chi connectivity index (χ1) is 32.7. The summed E-state index contributed by atoms with van der Waals surface area (Å²) in [6.45, 7) is 54.3. The van der Waals surface area contributed by atoms with Crippen molar-refractivity contribution in [1.82, 2.24) is 0 Å². The Morgan fingerprint density at radius 1 is 0.370 bits per heavy atom. The Kier molecular flexibility index (Phi) is 15.8. The van der Waals surface area contributed by atoms with E-state index in [9.17, 15) is 0 Å². The molecule has 8 rings (SSSR count). The van der Waals surface area contributed by atoms with E-state index in [-0.39, 0.29) is 59.9 Å². The Hall–Kier alpha value is -4.10. The molecule has 0 aliphatic carbocycles. The van der Waals surface area contributed by atoms with Crippen molar-refractivity contribution in [1.29, 1.82) is 0 Å². The maximum atomic E-state index is 6.85. The number of hydrogen-bond acceptors (Lipinski definition) is 4. The summed E-state index contributed by atoms with van der Waals surface area (Å²) >= 11 is 0. The van der Waals surface area contributed by atoms with E-state index in [4.69, 9.17) is 16.8 Å². The van der Waals surface area contributed by atoms with Gasteiger partial charge in [-0.05, 0) is 97.2 Å². The van der Waals surface area contributed by atoms with Crippen molar-refractivity contribution in [2.24, 2.45) is 0 Å². The van der Waals surface area contributed by atoms with Crippen LogP contribution in [0.15, 0.2) is 114 Å². The van der Waals surface area contributed by atoms with Crippen molar-refractivity contribution < 1.29 is 33.9 Å². The maximum Gasteiger partial charge on any atom is 0.221 e. The molecule has 2 heterocycles. The van der Waals surface area contributed by atoms with Gasteiger partial charge in [0.1, 0.15) is 11.3 Å². The van der Waals surface area contributed by atoms with Gasteiger partial charge >= 0.3 is 0 Å². The largest absolute Gasteiger partial charge is 0.641 e. The quantitative estimate of drug-likeness (QED) is 0.128. The molecular weight excluding hydrogens is 975 g/mol. The van der Waals surface area contributed by atoms with E-state index in [1.54, 1.807) is 0 Å². The monoisotopic (exact) mass is 1060 g/mol. The summed E-state index contributed by atoms with van der Waals surface area (Å²) in [5.74, 6) is 1.97. The van der Waals surface area contributed by atoms with Crippen LogP contribution in [-0.4, -0.2) is 0 Å². The number of fused-ring (bicyclic) bond motifs is 4. The van der Waals surface area contributed by atoms with Gasteiger partial charge in [0.2, 0.25) is 16.0 Å². The fraction of sp³-hybridized carbons (Fsp3) is 0.485. The summed E-state index contributed by atoms with van der Waals surface area (Å²) in [7, 11) is -2.37. The van der Waals surface area contributed by atoms with Crippen LogP contribution in [0.2, 0.25) is 0 Å². The summed E-state index contributed by atoms with van der Waals surface area (Å²) in [5.41, 5.74) is 12.0. The molecule has 0 radical (unpaired) electrons. The Labute approximate surface area is 452 Å². The minimum atomic E-state index is -1.19. The average Bonchev–Trinajstić information content (AvgIpc) is 3.86. The van der Waals surface area contributed by atoms with E-state index in [1.807, 2.05) is 0 Å². The molecule has 0 saturated carbocycles. The van der Waals surface area contributed by atoms with Crippen molar-refractivity contribution in [2.75, 3.05) is 0 Å². The molecule has 8 aromatic rings. The van der Waals surface area contributed by atoms with E-state index in [1.165, 1.54) is 66.1 Å². The van der Waals surface area contributed by atoms with Gasteiger partial charge in [-0.3, -0.25) is 5.39 Å². The zero-order chi connectivity index (χ0) is 53.7. The fourth-order valence-electron chi connectivity index (χ4n) is 9.20. The normalized spacial score (nSPS) is 13.9. The van der Waals surface area contributed by atoms with Crippen LogP contribution < -0.4 is 0 Å². The maximum absolute atomic E-state index is 6.85. The summed E-state index contributed by atoms with van der Waals surface area (Å²) < 4.78 is 27.1. The third-order valence-electron chi connectivity index (χ3n) is 13.6. The predicted octanol–water partition coefficient (Wildman–Crippen LogP) is 22.6. The Bertz CT molecular complexity index is 3110. The smallest absolute Gasteiger partial charge is 0.221 e. The zero-order valence-electron chi connectivity index (χ0n) is 49.1. The van der Waals surface area contributed by atoms with Crippen molar-refractivity contribution in [3.63, 3.8) is 0 Å². The number of rotatable bonds is 2. The summed E-state index contributed by atoms with van der Waals surface area (Å²) in [6, 6.07) is 36.1. The Morgan fingerprint density at radius 3 is 1.05 bits per heavy atom. The number of benzene rings is 4. The minimum Gasteiger partial charge on any atom is -0.641 e. The molecular formula is C66H88FeO4P2-6. The van der Waals surface area contributed by atoms with E-state index >= 15 is 0 Å². The topological polar surface area (TPSA) is 52.6 Å². The zero-order valence-corrected chi connectivity index (χ0v) is 52.0. The molecule has 0 aliphatic rings. The van der Waals surface area contributed by atoms with Crippen LogP contribution in [0.1, 0.15) is 200 Å². The molecule has 0 aliphatic heterocycles. The van der Waals surface area contributed by atoms with E-state index in [0.29, 0.717) is 0 Å². The molecule has 0 spiro atoms.